The number of rotatable bonds is 5. The second kappa shape index (κ2) is 9.74. The molecule has 3 heterocycles. The number of anilines is 1. The fourth-order valence-electron chi connectivity index (χ4n) is 3.87. The van der Waals surface area contributed by atoms with E-state index in [1.165, 1.54) is 11.8 Å². The van der Waals surface area contributed by atoms with Gasteiger partial charge in [0.2, 0.25) is 5.91 Å². The van der Waals surface area contributed by atoms with Gasteiger partial charge in [0, 0.05) is 23.6 Å². The van der Waals surface area contributed by atoms with E-state index in [4.69, 9.17) is 16.7 Å². The van der Waals surface area contributed by atoms with Crippen molar-refractivity contribution < 1.29 is 9.59 Å². The smallest absolute Gasteiger partial charge is 0.262 e. The molecule has 0 saturated carbocycles. The van der Waals surface area contributed by atoms with Gasteiger partial charge in [-0.3, -0.25) is 9.59 Å². The zero-order valence-corrected chi connectivity index (χ0v) is 20.7. The largest absolute Gasteiger partial charge is 0.326 e. The number of amides is 2. The van der Waals surface area contributed by atoms with Gasteiger partial charge in [-0.05, 0) is 41.6 Å². The van der Waals surface area contributed by atoms with Crippen molar-refractivity contribution in [1.82, 2.24) is 5.01 Å². The molecule has 5 rings (SSSR count). The minimum absolute atomic E-state index is 0.0212. The third kappa shape index (κ3) is 4.80. The molecule has 2 aliphatic heterocycles. The number of halogens is 1. The van der Waals surface area contributed by atoms with Crippen LogP contribution in [0.3, 0.4) is 0 Å². The van der Waals surface area contributed by atoms with Crippen molar-refractivity contribution in [3.63, 3.8) is 0 Å². The summed E-state index contributed by atoms with van der Waals surface area (Å²) in [7, 11) is 0. The van der Waals surface area contributed by atoms with Crippen LogP contribution in [0.25, 0.3) is 0 Å². The van der Waals surface area contributed by atoms with E-state index in [9.17, 15) is 9.59 Å². The van der Waals surface area contributed by atoms with Crippen molar-refractivity contribution in [2.24, 2.45) is 10.1 Å². The van der Waals surface area contributed by atoms with Gasteiger partial charge in [0.1, 0.15) is 5.25 Å². The predicted octanol–water partition coefficient (Wildman–Crippen LogP) is 5.89. The summed E-state index contributed by atoms with van der Waals surface area (Å²) in [6, 6.07) is 19.4. The number of nitrogens with one attached hydrogen (secondary N) is 1. The Balaban J connectivity index is 1.31. The number of benzene rings is 2. The maximum absolute atomic E-state index is 12.7. The fourth-order valence-corrected chi connectivity index (χ4v) is 5.83. The summed E-state index contributed by atoms with van der Waals surface area (Å²) in [6.07, 6.45) is 0.741. The maximum atomic E-state index is 12.7. The lowest BCUT2D eigenvalue weighted by Crippen LogP contribution is -2.25. The first-order valence-corrected chi connectivity index (χ1v) is 12.9. The van der Waals surface area contributed by atoms with E-state index in [0.29, 0.717) is 15.9 Å². The highest BCUT2D eigenvalue weighted by molar-refractivity contribution is 8.15. The van der Waals surface area contributed by atoms with Gasteiger partial charge in [-0.1, -0.05) is 65.8 Å². The molecule has 34 heavy (non-hydrogen) atoms. The first kappa shape index (κ1) is 22.8. The molecule has 2 aromatic carbocycles. The number of hydrazone groups is 1. The minimum Gasteiger partial charge on any atom is -0.326 e. The summed E-state index contributed by atoms with van der Waals surface area (Å²) in [5.74, 6) is -0.574. The average Bonchev–Trinajstić information content (AvgIpc) is 3.57. The Morgan fingerprint density at radius 2 is 2.00 bits per heavy atom. The molecule has 1 N–H and O–H groups in total. The molecule has 0 saturated heterocycles. The number of thioether (sulfide) groups is 1. The Labute approximate surface area is 210 Å². The molecule has 2 aliphatic rings. The number of amidine groups is 1. The molecule has 2 amide bonds. The topological polar surface area (TPSA) is 74.1 Å². The van der Waals surface area contributed by atoms with Crippen LogP contribution in [-0.2, 0) is 9.59 Å². The van der Waals surface area contributed by atoms with Gasteiger partial charge in [-0.15, -0.1) is 11.3 Å². The number of aryl methyl sites for hydroxylation is 1. The molecule has 0 spiro atoms. The molecule has 172 valence electrons. The zero-order chi connectivity index (χ0) is 23.7. The Morgan fingerprint density at radius 1 is 1.18 bits per heavy atom. The van der Waals surface area contributed by atoms with Gasteiger partial charge in [0.05, 0.1) is 16.6 Å². The summed E-state index contributed by atoms with van der Waals surface area (Å²) in [5, 5.41) is 12.1. The highest BCUT2D eigenvalue weighted by atomic mass is 35.5. The molecule has 6 nitrogen and oxygen atoms in total. The Kier molecular flexibility index (Phi) is 6.54. The van der Waals surface area contributed by atoms with E-state index < -0.39 is 5.25 Å². The van der Waals surface area contributed by atoms with E-state index in [1.54, 1.807) is 23.5 Å². The summed E-state index contributed by atoms with van der Waals surface area (Å²) in [6.45, 7) is 1.90. The average molecular weight is 509 g/mol. The Morgan fingerprint density at radius 3 is 2.74 bits per heavy atom. The highest BCUT2D eigenvalue weighted by Gasteiger charge is 2.39. The molecule has 0 fully saturated rings. The lowest BCUT2D eigenvalue weighted by atomic mass is 10.0. The van der Waals surface area contributed by atoms with Gasteiger partial charge < -0.3 is 5.32 Å². The Hall–Kier alpha value is -2.94. The molecule has 0 bridgehead atoms. The summed E-state index contributed by atoms with van der Waals surface area (Å²) < 4.78 is 0. The van der Waals surface area contributed by atoms with E-state index in [1.807, 2.05) is 53.7 Å². The normalized spacial score (nSPS) is 19.8. The van der Waals surface area contributed by atoms with Gasteiger partial charge in [0.15, 0.2) is 5.17 Å². The summed E-state index contributed by atoms with van der Waals surface area (Å²) in [5.41, 5.74) is 3.61. The van der Waals surface area contributed by atoms with Crippen LogP contribution in [0.1, 0.15) is 34.9 Å². The first-order valence-electron chi connectivity index (χ1n) is 10.8. The zero-order valence-electron chi connectivity index (χ0n) is 18.3. The van der Waals surface area contributed by atoms with E-state index in [2.05, 4.69) is 22.4 Å². The second-order valence-corrected chi connectivity index (χ2v) is 10.6. The third-order valence-electron chi connectivity index (χ3n) is 5.65. The van der Waals surface area contributed by atoms with Crippen LogP contribution in [0.4, 0.5) is 5.69 Å². The molecule has 0 radical (unpaired) electrons. The molecule has 0 aliphatic carbocycles. The number of carbonyl (C=O) groups excluding carboxylic acids is 2. The van der Waals surface area contributed by atoms with Crippen molar-refractivity contribution in [3.8, 4) is 0 Å². The number of hydrogen-bond acceptors (Lipinski definition) is 6. The highest BCUT2D eigenvalue weighted by Crippen LogP contribution is 2.39. The van der Waals surface area contributed by atoms with Crippen molar-refractivity contribution in [3.05, 3.63) is 87.1 Å². The van der Waals surface area contributed by atoms with Crippen LogP contribution >= 0.6 is 34.7 Å². The van der Waals surface area contributed by atoms with Crippen molar-refractivity contribution in [2.45, 2.75) is 31.1 Å². The minimum atomic E-state index is -0.590. The number of hydrogen-bond donors (Lipinski definition) is 1. The van der Waals surface area contributed by atoms with E-state index in [-0.39, 0.29) is 24.3 Å². The molecular weight excluding hydrogens is 488 g/mol. The lowest BCUT2D eigenvalue weighted by Gasteiger charge is -2.23. The van der Waals surface area contributed by atoms with Gasteiger partial charge >= 0.3 is 0 Å². The van der Waals surface area contributed by atoms with Gasteiger partial charge in [-0.2, -0.15) is 10.1 Å². The van der Waals surface area contributed by atoms with Crippen molar-refractivity contribution >= 4 is 63.1 Å². The van der Waals surface area contributed by atoms with Crippen molar-refractivity contribution in [2.75, 3.05) is 5.32 Å². The molecule has 1 aromatic heterocycles. The second-order valence-electron chi connectivity index (χ2n) is 8.05. The van der Waals surface area contributed by atoms with Crippen LogP contribution in [0.15, 0.2) is 76.1 Å². The first-order chi connectivity index (χ1) is 16.5. The van der Waals surface area contributed by atoms with Crippen LogP contribution in [0, 0.1) is 6.92 Å². The Bertz CT molecular complexity index is 1290. The van der Waals surface area contributed by atoms with Crippen molar-refractivity contribution in [1.29, 1.82) is 0 Å². The molecule has 0 unspecified atom stereocenters. The quantitative estimate of drug-likeness (QED) is 0.466. The fraction of sp³-hybridized carbons (Fsp3) is 0.200. The predicted molar refractivity (Wildman–Crippen MR) is 140 cm³/mol. The van der Waals surface area contributed by atoms with Crippen LogP contribution in [-0.4, -0.2) is 33.0 Å². The van der Waals surface area contributed by atoms with E-state index >= 15 is 0 Å². The summed E-state index contributed by atoms with van der Waals surface area (Å²) >= 11 is 9.09. The summed E-state index contributed by atoms with van der Waals surface area (Å²) in [4.78, 5) is 30.7. The lowest BCUT2D eigenvalue weighted by molar-refractivity contribution is -0.121. The third-order valence-corrected chi connectivity index (χ3v) is 8.12. The molecule has 2 atom stereocenters. The van der Waals surface area contributed by atoms with Gasteiger partial charge in [0.25, 0.3) is 5.91 Å². The van der Waals surface area contributed by atoms with E-state index in [0.717, 1.165) is 28.1 Å². The van der Waals surface area contributed by atoms with Crippen LogP contribution < -0.4 is 5.32 Å². The standard InChI is InChI=1S/C25H21ClN4O2S2/c1-15-9-10-17(12-18(15)26)27-23(31)14-22-24(32)28-25(34-22)30-20(16-6-3-2-4-7-16)13-19(29-30)21-8-5-11-33-21/h2-12,20,22H,13-14H2,1H3,(H,27,31)/t20-,22+/m1/s1. The number of carbonyl (C=O) groups is 2. The number of nitrogens with zero attached hydrogens (tertiary/aromatic N) is 3. The van der Waals surface area contributed by atoms with Crippen LogP contribution in [0.2, 0.25) is 5.02 Å². The maximum Gasteiger partial charge on any atom is 0.262 e. The molecule has 9 heteroatoms. The monoisotopic (exact) mass is 508 g/mol. The molecular formula is C25H21ClN4O2S2. The number of aliphatic imine (C=N–C) groups is 1. The SMILES string of the molecule is Cc1ccc(NC(=O)C[C@@H]2SC(N3N=C(c4cccs4)C[C@@H]3c3ccccc3)=NC2=O)cc1Cl. The number of thiophene rings is 1. The van der Waals surface area contributed by atoms with Gasteiger partial charge in [-0.25, -0.2) is 5.01 Å². The van der Waals surface area contributed by atoms with Crippen LogP contribution in [0.5, 0.6) is 0 Å². The molecule has 3 aromatic rings.